The molecule has 4 rings (SSSR count). The molecule has 0 aliphatic carbocycles. The number of hydrogen-bond acceptors (Lipinski definition) is 6. The van der Waals surface area contributed by atoms with Gasteiger partial charge in [-0.25, -0.2) is 0 Å². The van der Waals surface area contributed by atoms with E-state index in [0.717, 1.165) is 10.5 Å². The Morgan fingerprint density at radius 1 is 1.16 bits per heavy atom. The third kappa shape index (κ3) is 3.76. The van der Waals surface area contributed by atoms with E-state index in [-0.39, 0.29) is 22.8 Å². The molecule has 164 valence electrons. The second-order valence-electron chi connectivity index (χ2n) is 7.57. The smallest absolute Gasteiger partial charge is 0.321 e. The molecule has 2 fully saturated rings. The van der Waals surface area contributed by atoms with Crippen LogP contribution in [0.15, 0.2) is 54.6 Å². The van der Waals surface area contributed by atoms with Crippen molar-refractivity contribution < 1.29 is 24.4 Å². The summed E-state index contributed by atoms with van der Waals surface area (Å²) in [6.07, 6.45) is 3.40. The first-order valence-corrected chi connectivity index (χ1v) is 10.2. The summed E-state index contributed by atoms with van der Waals surface area (Å²) in [6.45, 7) is -0.0315. The minimum atomic E-state index is -1.36. The summed E-state index contributed by atoms with van der Waals surface area (Å²) in [5.74, 6) is -4.77. The fraction of sp³-hybridized carbons (Fsp3) is 0.227. The van der Waals surface area contributed by atoms with Gasteiger partial charge in [0.1, 0.15) is 6.04 Å². The molecule has 0 radical (unpaired) electrons. The maximum absolute atomic E-state index is 13.2. The van der Waals surface area contributed by atoms with Gasteiger partial charge in [0.05, 0.1) is 22.8 Å². The van der Waals surface area contributed by atoms with Crippen molar-refractivity contribution >= 4 is 41.1 Å². The first-order chi connectivity index (χ1) is 15.3. The number of nitrogens with one attached hydrogen (secondary N) is 1. The molecule has 2 heterocycles. The van der Waals surface area contributed by atoms with Crippen molar-refractivity contribution in [1.82, 2.24) is 10.2 Å². The number of aliphatic carboxylic acids is 1. The van der Waals surface area contributed by atoms with Crippen molar-refractivity contribution in [1.29, 1.82) is 0 Å². The molecule has 32 heavy (non-hydrogen) atoms. The van der Waals surface area contributed by atoms with Crippen LogP contribution in [0.1, 0.15) is 17.2 Å². The Balaban J connectivity index is 1.67. The molecule has 0 saturated carbocycles. The standard InChI is InChI=1S/C22H18ClN3O6/c23-13-8-9-15(26(31)32)14(11-13)18-16-17(19(24-18)22(29)30)21(28)25(20(16)27)10-4-7-12-5-2-1-3-6-12/h1-9,11,16-19,24H,10H2,(H,29,30)/b7-4+. The highest BCUT2D eigenvalue weighted by molar-refractivity contribution is 6.30. The lowest BCUT2D eigenvalue weighted by Gasteiger charge is -2.20. The Kier molecular flexibility index (Phi) is 5.77. The summed E-state index contributed by atoms with van der Waals surface area (Å²) in [4.78, 5) is 50.0. The number of nitro benzene ring substituents is 1. The van der Waals surface area contributed by atoms with Crippen molar-refractivity contribution in [3.63, 3.8) is 0 Å². The quantitative estimate of drug-likeness (QED) is 0.389. The molecule has 2 aliphatic heterocycles. The zero-order valence-electron chi connectivity index (χ0n) is 16.6. The van der Waals surface area contributed by atoms with Crippen LogP contribution in [-0.4, -0.2) is 45.3 Å². The topological polar surface area (TPSA) is 130 Å². The molecule has 4 unspecified atom stereocenters. The number of carboxylic acids is 1. The Morgan fingerprint density at radius 3 is 2.50 bits per heavy atom. The number of amides is 2. The molecule has 2 N–H and O–H groups in total. The van der Waals surface area contributed by atoms with E-state index < -0.39 is 46.6 Å². The summed E-state index contributed by atoms with van der Waals surface area (Å²) in [5.41, 5.74) is 0.646. The largest absolute Gasteiger partial charge is 0.480 e. The van der Waals surface area contributed by atoms with Crippen LogP contribution >= 0.6 is 11.6 Å². The number of hydrogen-bond donors (Lipinski definition) is 2. The van der Waals surface area contributed by atoms with Gasteiger partial charge in [0.25, 0.3) is 5.69 Å². The van der Waals surface area contributed by atoms with Gasteiger partial charge in [-0.2, -0.15) is 0 Å². The second-order valence-corrected chi connectivity index (χ2v) is 8.01. The van der Waals surface area contributed by atoms with Crippen LogP contribution < -0.4 is 5.32 Å². The van der Waals surface area contributed by atoms with Crippen molar-refractivity contribution in [2.24, 2.45) is 11.8 Å². The number of benzene rings is 2. The summed E-state index contributed by atoms with van der Waals surface area (Å²) in [7, 11) is 0. The maximum Gasteiger partial charge on any atom is 0.321 e. The zero-order valence-corrected chi connectivity index (χ0v) is 17.3. The minimum absolute atomic E-state index is 0.0315. The van der Waals surface area contributed by atoms with E-state index in [1.165, 1.54) is 18.2 Å². The Bertz CT molecular complexity index is 1140. The lowest BCUT2D eigenvalue weighted by molar-refractivity contribution is -0.385. The van der Waals surface area contributed by atoms with Crippen LogP contribution in [0.25, 0.3) is 6.08 Å². The predicted octanol–water partition coefficient (Wildman–Crippen LogP) is 2.66. The minimum Gasteiger partial charge on any atom is -0.480 e. The number of nitro groups is 1. The van der Waals surface area contributed by atoms with Crippen LogP contribution in [0, 0.1) is 22.0 Å². The average molecular weight is 456 g/mol. The highest BCUT2D eigenvalue weighted by Gasteiger charge is 2.61. The Morgan fingerprint density at radius 2 is 1.84 bits per heavy atom. The Hall–Kier alpha value is -3.56. The Labute approximate surface area is 187 Å². The number of imide groups is 1. The SMILES string of the molecule is O=C(O)C1NC(c2cc(Cl)ccc2[N+](=O)[O-])C2C(=O)N(C/C=C/c3ccccc3)C(=O)C12. The lowest BCUT2D eigenvalue weighted by Crippen LogP contribution is -2.43. The van der Waals surface area contributed by atoms with E-state index in [0.29, 0.717) is 0 Å². The monoisotopic (exact) mass is 455 g/mol. The van der Waals surface area contributed by atoms with Gasteiger partial charge in [-0.15, -0.1) is 0 Å². The molecule has 2 amide bonds. The number of carbonyl (C=O) groups is 3. The van der Waals surface area contributed by atoms with Crippen LogP contribution in [0.5, 0.6) is 0 Å². The molecule has 0 aromatic heterocycles. The van der Waals surface area contributed by atoms with Gasteiger partial charge < -0.3 is 5.11 Å². The van der Waals surface area contributed by atoms with Crippen molar-refractivity contribution in [3.8, 4) is 0 Å². The average Bonchev–Trinajstić information content (AvgIpc) is 3.27. The molecular weight excluding hydrogens is 438 g/mol. The first kappa shape index (κ1) is 21.7. The maximum atomic E-state index is 13.2. The van der Waals surface area contributed by atoms with Gasteiger partial charge in [0, 0.05) is 23.2 Å². The zero-order chi connectivity index (χ0) is 23.0. The summed E-state index contributed by atoms with van der Waals surface area (Å²) < 4.78 is 0. The van der Waals surface area contributed by atoms with Crippen LogP contribution in [0.3, 0.4) is 0 Å². The van der Waals surface area contributed by atoms with E-state index in [9.17, 15) is 29.6 Å². The molecule has 2 aromatic carbocycles. The third-order valence-corrected chi connectivity index (χ3v) is 5.99. The van der Waals surface area contributed by atoms with Gasteiger partial charge in [0.2, 0.25) is 11.8 Å². The molecular formula is C22H18ClN3O6. The van der Waals surface area contributed by atoms with Gasteiger partial charge in [0.15, 0.2) is 0 Å². The second kappa shape index (κ2) is 8.52. The number of carboxylic acid groups (broad SMARTS) is 1. The van der Waals surface area contributed by atoms with E-state index in [2.05, 4.69) is 5.32 Å². The van der Waals surface area contributed by atoms with Gasteiger partial charge in [-0.1, -0.05) is 54.1 Å². The van der Waals surface area contributed by atoms with E-state index in [1.807, 2.05) is 30.3 Å². The molecule has 2 aromatic rings. The predicted molar refractivity (Wildman–Crippen MR) is 115 cm³/mol. The molecule has 0 bridgehead atoms. The molecule has 4 atom stereocenters. The molecule has 0 spiro atoms. The number of nitrogens with zero attached hydrogens (tertiary/aromatic N) is 2. The fourth-order valence-electron chi connectivity index (χ4n) is 4.36. The normalized spacial score (nSPS) is 24.8. The molecule has 2 saturated heterocycles. The van der Waals surface area contributed by atoms with Crippen LogP contribution in [0.4, 0.5) is 5.69 Å². The van der Waals surface area contributed by atoms with Crippen molar-refractivity contribution in [2.45, 2.75) is 12.1 Å². The van der Waals surface area contributed by atoms with Crippen molar-refractivity contribution in [2.75, 3.05) is 6.54 Å². The van der Waals surface area contributed by atoms with E-state index in [1.54, 1.807) is 12.2 Å². The molecule has 2 aliphatic rings. The van der Waals surface area contributed by atoms with E-state index in [4.69, 9.17) is 11.6 Å². The van der Waals surface area contributed by atoms with Gasteiger partial charge in [-0.05, 0) is 17.7 Å². The highest BCUT2D eigenvalue weighted by atomic mass is 35.5. The highest BCUT2D eigenvalue weighted by Crippen LogP contribution is 2.46. The van der Waals surface area contributed by atoms with Crippen LogP contribution in [-0.2, 0) is 14.4 Å². The lowest BCUT2D eigenvalue weighted by atomic mass is 9.86. The number of likely N-dealkylation sites (tertiary alicyclic amines) is 1. The molecule has 10 heteroatoms. The van der Waals surface area contributed by atoms with Gasteiger partial charge in [-0.3, -0.25) is 34.7 Å². The first-order valence-electron chi connectivity index (χ1n) is 9.79. The number of rotatable bonds is 6. The number of carbonyl (C=O) groups excluding carboxylic acids is 2. The van der Waals surface area contributed by atoms with Crippen LogP contribution in [0.2, 0.25) is 5.02 Å². The summed E-state index contributed by atoms with van der Waals surface area (Å²) >= 11 is 6.02. The third-order valence-electron chi connectivity index (χ3n) is 5.75. The number of halogens is 1. The summed E-state index contributed by atoms with van der Waals surface area (Å²) in [6, 6.07) is 10.7. The fourth-order valence-corrected chi connectivity index (χ4v) is 4.54. The summed E-state index contributed by atoms with van der Waals surface area (Å²) in [5, 5.41) is 24.1. The number of fused-ring (bicyclic) bond motifs is 1. The van der Waals surface area contributed by atoms with E-state index >= 15 is 0 Å². The van der Waals surface area contributed by atoms with Gasteiger partial charge >= 0.3 is 5.97 Å². The van der Waals surface area contributed by atoms with Crippen molar-refractivity contribution in [3.05, 3.63) is 80.9 Å². The molecule has 9 nitrogen and oxygen atoms in total.